The van der Waals surface area contributed by atoms with E-state index in [0.29, 0.717) is 0 Å². The molecule has 1 aliphatic heterocycles. The van der Waals surface area contributed by atoms with Crippen molar-refractivity contribution in [1.82, 2.24) is 0 Å². The van der Waals surface area contributed by atoms with Crippen molar-refractivity contribution in [2.75, 3.05) is 4.90 Å². The molecule has 0 saturated carbocycles. The number of anilines is 3. The van der Waals surface area contributed by atoms with Gasteiger partial charge in [0.2, 0.25) is 0 Å². The molecule has 2 aliphatic rings. The molecule has 0 amide bonds. The van der Waals surface area contributed by atoms with Crippen LogP contribution in [0.1, 0.15) is 22.3 Å². The summed E-state index contributed by atoms with van der Waals surface area (Å²) in [6, 6.07) is 60.5. The third-order valence-electron chi connectivity index (χ3n) is 9.71. The van der Waals surface area contributed by atoms with Crippen LogP contribution in [0.15, 0.2) is 174 Å². The zero-order chi connectivity index (χ0) is 30.2. The smallest absolute Gasteiger partial charge is 0.0735 e. The summed E-state index contributed by atoms with van der Waals surface area (Å²) in [5.74, 6) is 0. The van der Waals surface area contributed by atoms with Crippen LogP contribution < -0.4 is 4.90 Å². The van der Waals surface area contributed by atoms with Gasteiger partial charge in [0.1, 0.15) is 0 Å². The number of rotatable bonds is 3. The Hall–Kier alpha value is -5.09. The SMILES string of the molecule is c1ccc(N(c2ccccc2)c2cccc3sc4cc5c(cc4c23)-c2ccccc2C52c3ccccc3Sc3ccccc32)cc1. The van der Waals surface area contributed by atoms with Gasteiger partial charge in [-0.05, 0) is 94.0 Å². The highest BCUT2D eigenvalue weighted by Crippen LogP contribution is 2.63. The van der Waals surface area contributed by atoms with Crippen LogP contribution >= 0.6 is 23.1 Å². The van der Waals surface area contributed by atoms with Gasteiger partial charge in [0.15, 0.2) is 0 Å². The van der Waals surface area contributed by atoms with Crippen molar-refractivity contribution in [1.29, 1.82) is 0 Å². The van der Waals surface area contributed by atoms with Crippen LogP contribution in [0.3, 0.4) is 0 Å². The van der Waals surface area contributed by atoms with Crippen LogP contribution in [-0.4, -0.2) is 0 Å². The first kappa shape index (κ1) is 26.2. The van der Waals surface area contributed by atoms with Crippen LogP contribution in [0.25, 0.3) is 31.3 Å². The highest BCUT2D eigenvalue weighted by Gasteiger charge is 2.50. The van der Waals surface area contributed by atoms with E-state index in [1.165, 1.54) is 69.0 Å². The molecule has 0 N–H and O–H groups in total. The molecular formula is C43H27NS2. The predicted molar refractivity (Wildman–Crippen MR) is 195 cm³/mol. The maximum atomic E-state index is 2.53. The Labute approximate surface area is 276 Å². The fraction of sp³-hybridized carbons (Fsp3) is 0.0233. The second kappa shape index (κ2) is 9.95. The van der Waals surface area contributed by atoms with E-state index >= 15 is 0 Å². The molecule has 8 aromatic rings. The number of thiophene rings is 1. The Balaban J connectivity index is 1.31. The topological polar surface area (TPSA) is 3.24 Å². The molecule has 10 rings (SSSR count). The van der Waals surface area contributed by atoms with Crippen molar-refractivity contribution < 1.29 is 0 Å². The van der Waals surface area contributed by atoms with Gasteiger partial charge in [0, 0.05) is 41.3 Å². The molecular weight excluding hydrogens is 595 g/mol. The monoisotopic (exact) mass is 621 g/mol. The molecule has 2 heterocycles. The van der Waals surface area contributed by atoms with E-state index in [1.807, 2.05) is 23.1 Å². The van der Waals surface area contributed by atoms with Crippen molar-refractivity contribution in [2.24, 2.45) is 0 Å². The molecule has 0 unspecified atom stereocenters. The first-order valence-electron chi connectivity index (χ1n) is 15.7. The van der Waals surface area contributed by atoms with Gasteiger partial charge in [-0.2, -0.15) is 0 Å². The third-order valence-corrected chi connectivity index (χ3v) is 12.0. The molecule has 1 spiro atoms. The van der Waals surface area contributed by atoms with Gasteiger partial charge in [-0.1, -0.05) is 115 Å². The van der Waals surface area contributed by atoms with E-state index in [9.17, 15) is 0 Å². The minimum atomic E-state index is -0.363. The second-order valence-electron chi connectivity index (χ2n) is 12.0. The van der Waals surface area contributed by atoms with Crippen LogP contribution in [0.5, 0.6) is 0 Å². The van der Waals surface area contributed by atoms with Gasteiger partial charge >= 0.3 is 0 Å². The van der Waals surface area contributed by atoms with Gasteiger partial charge < -0.3 is 4.90 Å². The summed E-state index contributed by atoms with van der Waals surface area (Å²) in [6.45, 7) is 0. The molecule has 0 fully saturated rings. The summed E-state index contributed by atoms with van der Waals surface area (Å²) >= 11 is 3.80. The lowest BCUT2D eigenvalue weighted by Crippen LogP contribution is -2.31. The Bertz CT molecular complexity index is 2370. The lowest BCUT2D eigenvalue weighted by Gasteiger charge is -2.39. The lowest BCUT2D eigenvalue weighted by atomic mass is 9.67. The molecule has 46 heavy (non-hydrogen) atoms. The largest absolute Gasteiger partial charge is 0.310 e. The minimum absolute atomic E-state index is 0.363. The van der Waals surface area contributed by atoms with E-state index in [0.717, 1.165) is 11.4 Å². The minimum Gasteiger partial charge on any atom is -0.310 e. The number of benzene rings is 7. The number of fused-ring (bicyclic) bond motifs is 12. The summed E-state index contributed by atoms with van der Waals surface area (Å²) in [5.41, 5.74) is 11.3. The van der Waals surface area contributed by atoms with Crippen molar-refractivity contribution >= 4 is 60.3 Å². The lowest BCUT2D eigenvalue weighted by molar-refractivity contribution is 0.723. The molecule has 0 bridgehead atoms. The third kappa shape index (κ3) is 3.53. The molecule has 1 nitrogen and oxygen atoms in total. The molecule has 0 radical (unpaired) electrons. The zero-order valence-electron chi connectivity index (χ0n) is 24.9. The van der Waals surface area contributed by atoms with Crippen molar-refractivity contribution in [3.05, 3.63) is 186 Å². The fourth-order valence-corrected chi connectivity index (χ4v) is 10.3. The molecule has 3 heteroatoms. The molecule has 1 aromatic heterocycles. The zero-order valence-corrected chi connectivity index (χ0v) is 26.5. The number of hydrogen-bond acceptors (Lipinski definition) is 3. The van der Waals surface area contributed by atoms with E-state index in [4.69, 9.17) is 0 Å². The Kier molecular flexibility index (Phi) is 5.66. The standard InChI is InChI=1S/C43H27NS2/c1-3-14-28(15-4-1)44(29-16-5-2-6-17-29)37-22-13-25-40-42(37)32-26-31-30-18-7-8-19-33(30)43(36(31)27-41(32)46-40)34-20-9-11-23-38(34)45-39-24-12-10-21-35(39)43/h1-27H. The maximum absolute atomic E-state index is 2.53. The second-order valence-corrected chi connectivity index (χ2v) is 14.2. The highest BCUT2D eigenvalue weighted by molar-refractivity contribution is 7.99. The van der Waals surface area contributed by atoms with Crippen LogP contribution in [0.2, 0.25) is 0 Å². The van der Waals surface area contributed by atoms with E-state index in [-0.39, 0.29) is 5.41 Å². The van der Waals surface area contributed by atoms with E-state index < -0.39 is 0 Å². The number of nitrogens with zero attached hydrogens (tertiary/aromatic N) is 1. The summed E-state index contributed by atoms with van der Waals surface area (Å²) in [5, 5.41) is 2.61. The first-order chi connectivity index (χ1) is 22.8. The highest BCUT2D eigenvalue weighted by atomic mass is 32.2. The van der Waals surface area contributed by atoms with Gasteiger partial charge in [0.25, 0.3) is 0 Å². The predicted octanol–water partition coefficient (Wildman–Crippen LogP) is 12.4. The normalized spacial score (nSPS) is 13.7. The number of para-hydroxylation sites is 2. The summed E-state index contributed by atoms with van der Waals surface area (Å²) in [7, 11) is 0. The summed E-state index contributed by atoms with van der Waals surface area (Å²) in [4.78, 5) is 5.08. The van der Waals surface area contributed by atoms with Crippen molar-refractivity contribution in [3.63, 3.8) is 0 Å². The molecule has 0 atom stereocenters. The quantitative estimate of drug-likeness (QED) is 0.193. The van der Waals surface area contributed by atoms with Crippen molar-refractivity contribution in [2.45, 2.75) is 15.2 Å². The molecule has 7 aromatic carbocycles. The van der Waals surface area contributed by atoms with Gasteiger partial charge in [0.05, 0.1) is 11.1 Å². The average molecular weight is 622 g/mol. The van der Waals surface area contributed by atoms with Gasteiger partial charge in [-0.25, -0.2) is 0 Å². The molecule has 1 aliphatic carbocycles. The maximum Gasteiger partial charge on any atom is 0.0735 e. The Morgan fingerprint density at radius 1 is 0.435 bits per heavy atom. The van der Waals surface area contributed by atoms with Gasteiger partial charge in [-0.15, -0.1) is 11.3 Å². The molecule has 216 valence electrons. The van der Waals surface area contributed by atoms with Crippen molar-refractivity contribution in [3.8, 4) is 11.1 Å². The Morgan fingerprint density at radius 2 is 1.02 bits per heavy atom. The average Bonchev–Trinajstić information content (AvgIpc) is 3.62. The van der Waals surface area contributed by atoms with Gasteiger partial charge in [-0.3, -0.25) is 0 Å². The Morgan fingerprint density at radius 3 is 1.70 bits per heavy atom. The summed E-state index contributed by atoms with van der Waals surface area (Å²) < 4.78 is 2.62. The van der Waals surface area contributed by atoms with E-state index in [1.54, 1.807) is 0 Å². The fourth-order valence-electron chi connectivity index (χ4n) is 7.92. The van der Waals surface area contributed by atoms with E-state index in [2.05, 4.69) is 169 Å². The molecule has 0 saturated heterocycles. The van der Waals surface area contributed by atoms with Crippen LogP contribution in [0.4, 0.5) is 17.1 Å². The summed E-state index contributed by atoms with van der Waals surface area (Å²) in [6.07, 6.45) is 0. The first-order valence-corrected chi connectivity index (χ1v) is 17.3. The van der Waals surface area contributed by atoms with Crippen LogP contribution in [0, 0.1) is 0 Å². The van der Waals surface area contributed by atoms with Crippen LogP contribution in [-0.2, 0) is 5.41 Å². The number of hydrogen-bond donors (Lipinski definition) is 0.